The van der Waals surface area contributed by atoms with Gasteiger partial charge in [0.25, 0.3) is 0 Å². The maximum Gasteiger partial charge on any atom is 0.223 e. The van der Waals surface area contributed by atoms with E-state index in [4.69, 9.17) is 4.74 Å². The zero-order valence-electron chi connectivity index (χ0n) is 13.7. The maximum atomic E-state index is 11.7. The average Bonchev–Trinajstić information content (AvgIpc) is 2.33. The first-order chi connectivity index (χ1) is 9.68. The van der Waals surface area contributed by atoms with Crippen LogP contribution in [-0.2, 0) is 4.79 Å². The lowest BCUT2D eigenvalue weighted by atomic mass is 9.89. The number of hydrogen-bond donors (Lipinski definition) is 2. The SMILES string of the molecule is Cc1cc(C)cc(OCCC(=O)NCC(O)C(C)(C)C)c1. The van der Waals surface area contributed by atoms with Gasteiger partial charge in [-0.1, -0.05) is 26.8 Å². The molecule has 0 fully saturated rings. The predicted octanol–water partition coefficient (Wildman–Crippen LogP) is 2.60. The summed E-state index contributed by atoms with van der Waals surface area (Å²) in [6.07, 6.45) is -0.272. The zero-order chi connectivity index (χ0) is 16.0. The summed E-state index contributed by atoms with van der Waals surface area (Å²) in [5, 5.41) is 12.6. The second-order valence-electron chi connectivity index (χ2n) is 6.61. The number of benzene rings is 1. The molecule has 1 aromatic carbocycles. The van der Waals surface area contributed by atoms with E-state index in [9.17, 15) is 9.90 Å². The Kier molecular flexibility index (Phi) is 6.21. The third-order valence-corrected chi connectivity index (χ3v) is 3.29. The Hall–Kier alpha value is -1.55. The number of amides is 1. The molecule has 4 heteroatoms. The molecule has 0 heterocycles. The number of carbonyl (C=O) groups excluding carboxylic acids is 1. The van der Waals surface area contributed by atoms with Crippen molar-refractivity contribution in [2.45, 2.75) is 47.1 Å². The van der Waals surface area contributed by atoms with Gasteiger partial charge in [-0.15, -0.1) is 0 Å². The van der Waals surface area contributed by atoms with E-state index >= 15 is 0 Å². The van der Waals surface area contributed by atoms with Gasteiger partial charge in [0.2, 0.25) is 5.91 Å². The van der Waals surface area contributed by atoms with Crippen LogP contribution in [0.15, 0.2) is 18.2 Å². The minimum absolute atomic E-state index is 0.109. The summed E-state index contributed by atoms with van der Waals surface area (Å²) in [6.45, 7) is 10.4. The molecule has 1 rings (SSSR count). The van der Waals surface area contributed by atoms with Crippen LogP contribution in [0.2, 0.25) is 0 Å². The fourth-order valence-corrected chi connectivity index (χ4v) is 1.88. The van der Waals surface area contributed by atoms with Crippen molar-refractivity contribution in [2.75, 3.05) is 13.2 Å². The Labute approximate surface area is 127 Å². The number of rotatable bonds is 6. The van der Waals surface area contributed by atoms with E-state index in [-0.39, 0.29) is 24.3 Å². The fraction of sp³-hybridized carbons (Fsp3) is 0.588. The van der Waals surface area contributed by atoms with Crippen LogP contribution in [0.4, 0.5) is 0 Å². The molecular weight excluding hydrogens is 266 g/mol. The molecule has 0 radical (unpaired) electrons. The van der Waals surface area contributed by atoms with Crippen molar-refractivity contribution in [3.05, 3.63) is 29.3 Å². The van der Waals surface area contributed by atoms with Gasteiger partial charge in [0.15, 0.2) is 0 Å². The smallest absolute Gasteiger partial charge is 0.223 e. The molecule has 0 aliphatic heterocycles. The van der Waals surface area contributed by atoms with Gasteiger partial charge in [-0.3, -0.25) is 4.79 Å². The zero-order valence-corrected chi connectivity index (χ0v) is 13.7. The number of carbonyl (C=O) groups is 1. The van der Waals surface area contributed by atoms with Gasteiger partial charge in [-0.25, -0.2) is 0 Å². The standard InChI is InChI=1S/C17H27NO3/c1-12-8-13(2)10-14(9-12)21-7-6-16(20)18-11-15(19)17(3,4)5/h8-10,15,19H,6-7,11H2,1-5H3,(H,18,20). The first-order valence-corrected chi connectivity index (χ1v) is 7.34. The molecule has 0 bridgehead atoms. The van der Waals surface area contributed by atoms with Crippen molar-refractivity contribution in [1.82, 2.24) is 5.32 Å². The third kappa shape index (κ3) is 6.63. The van der Waals surface area contributed by atoms with Gasteiger partial charge in [0.1, 0.15) is 5.75 Å². The Morgan fingerprint density at radius 3 is 2.33 bits per heavy atom. The topological polar surface area (TPSA) is 58.6 Å². The average molecular weight is 293 g/mol. The first kappa shape index (κ1) is 17.5. The van der Waals surface area contributed by atoms with E-state index in [0.29, 0.717) is 6.61 Å². The molecule has 21 heavy (non-hydrogen) atoms. The minimum atomic E-state index is -0.554. The molecule has 0 aliphatic rings. The molecule has 2 N–H and O–H groups in total. The van der Waals surface area contributed by atoms with Crippen molar-refractivity contribution < 1.29 is 14.6 Å². The van der Waals surface area contributed by atoms with E-state index < -0.39 is 6.10 Å². The van der Waals surface area contributed by atoms with Gasteiger partial charge in [0, 0.05) is 6.54 Å². The molecule has 0 aliphatic carbocycles. The highest BCUT2D eigenvalue weighted by Crippen LogP contribution is 2.18. The molecule has 0 aromatic heterocycles. The quantitative estimate of drug-likeness (QED) is 0.847. The summed E-state index contributed by atoms with van der Waals surface area (Å²) in [5.41, 5.74) is 2.05. The minimum Gasteiger partial charge on any atom is -0.493 e. The molecule has 0 saturated carbocycles. The Bertz CT molecular complexity index is 457. The number of hydrogen-bond acceptors (Lipinski definition) is 3. The molecular formula is C17H27NO3. The highest BCUT2D eigenvalue weighted by atomic mass is 16.5. The van der Waals surface area contributed by atoms with Gasteiger partial charge in [-0.2, -0.15) is 0 Å². The number of aliphatic hydroxyl groups excluding tert-OH is 1. The summed E-state index contributed by atoms with van der Waals surface area (Å²) in [6, 6.07) is 5.98. The summed E-state index contributed by atoms with van der Waals surface area (Å²) in [4.78, 5) is 11.7. The second kappa shape index (κ2) is 7.46. The van der Waals surface area contributed by atoms with Crippen LogP contribution in [0, 0.1) is 19.3 Å². The second-order valence-corrected chi connectivity index (χ2v) is 6.61. The van der Waals surface area contributed by atoms with Crippen molar-refractivity contribution in [3.63, 3.8) is 0 Å². The van der Waals surface area contributed by atoms with Crippen molar-refractivity contribution in [1.29, 1.82) is 0 Å². The lowest BCUT2D eigenvalue weighted by Gasteiger charge is -2.25. The maximum absolute atomic E-state index is 11.7. The van der Waals surface area contributed by atoms with Crippen LogP contribution in [0.25, 0.3) is 0 Å². The van der Waals surface area contributed by atoms with Crippen LogP contribution < -0.4 is 10.1 Å². The molecule has 0 spiro atoms. The van der Waals surface area contributed by atoms with Crippen molar-refractivity contribution in [2.24, 2.45) is 5.41 Å². The highest BCUT2D eigenvalue weighted by Gasteiger charge is 2.22. The van der Waals surface area contributed by atoms with E-state index in [0.717, 1.165) is 16.9 Å². The Balaban J connectivity index is 2.31. The molecule has 118 valence electrons. The van der Waals surface area contributed by atoms with Gasteiger partial charge in [0.05, 0.1) is 19.1 Å². The number of aryl methyl sites for hydroxylation is 2. The normalized spacial score (nSPS) is 12.9. The van der Waals surface area contributed by atoms with E-state index in [2.05, 4.69) is 11.4 Å². The highest BCUT2D eigenvalue weighted by molar-refractivity contribution is 5.76. The summed E-state index contributed by atoms with van der Waals surface area (Å²) >= 11 is 0. The Morgan fingerprint density at radius 1 is 1.24 bits per heavy atom. The van der Waals surface area contributed by atoms with Gasteiger partial charge >= 0.3 is 0 Å². The lowest BCUT2D eigenvalue weighted by molar-refractivity contribution is -0.122. The van der Waals surface area contributed by atoms with Crippen LogP contribution >= 0.6 is 0 Å². The molecule has 1 aromatic rings. The van der Waals surface area contributed by atoms with E-state index in [1.54, 1.807) is 0 Å². The number of ether oxygens (including phenoxy) is 1. The molecule has 1 unspecified atom stereocenters. The molecule has 0 saturated heterocycles. The number of aliphatic hydroxyl groups is 1. The summed E-state index contributed by atoms with van der Waals surface area (Å²) in [7, 11) is 0. The Morgan fingerprint density at radius 2 is 1.81 bits per heavy atom. The van der Waals surface area contributed by atoms with Crippen LogP contribution in [-0.4, -0.2) is 30.3 Å². The van der Waals surface area contributed by atoms with Crippen LogP contribution in [0.3, 0.4) is 0 Å². The summed E-state index contributed by atoms with van der Waals surface area (Å²) in [5.74, 6) is 0.678. The van der Waals surface area contributed by atoms with Crippen LogP contribution in [0.5, 0.6) is 5.75 Å². The van der Waals surface area contributed by atoms with Gasteiger partial charge < -0.3 is 15.2 Å². The van der Waals surface area contributed by atoms with E-state index in [1.165, 1.54) is 0 Å². The van der Waals surface area contributed by atoms with Gasteiger partial charge in [-0.05, 0) is 42.5 Å². The van der Waals surface area contributed by atoms with Crippen molar-refractivity contribution >= 4 is 5.91 Å². The first-order valence-electron chi connectivity index (χ1n) is 7.34. The molecule has 1 atom stereocenters. The summed E-state index contributed by atoms with van der Waals surface area (Å²) < 4.78 is 5.59. The molecule has 4 nitrogen and oxygen atoms in total. The molecule has 1 amide bonds. The third-order valence-electron chi connectivity index (χ3n) is 3.29. The largest absolute Gasteiger partial charge is 0.493 e. The monoisotopic (exact) mass is 293 g/mol. The predicted molar refractivity (Wildman–Crippen MR) is 84.5 cm³/mol. The van der Waals surface area contributed by atoms with Crippen molar-refractivity contribution in [3.8, 4) is 5.75 Å². The fourth-order valence-electron chi connectivity index (χ4n) is 1.88. The van der Waals surface area contributed by atoms with E-state index in [1.807, 2.05) is 46.8 Å². The number of nitrogens with one attached hydrogen (secondary N) is 1. The van der Waals surface area contributed by atoms with Crippen LogP contribution in [0.1, 0.15) is 38.3 Å². The lowest BCUT2D eigenvalue weighted by Crippen LogP contribution is -2.39.